The molecule has 5 heteroatoms. The normalized spacial score (nSPS) is 17.4. The van der Waals surface area contributed by atoms with Crippen LogP contribution in [0.3, 0.4) is 0 Å². The van der Waals surface area contributed by atoms with Gasteiger partial charge in [-0.2, -0.15) is 0 Å². The number of carbonyl (C=O) groups excluding carboxylic acids is 1. The molecule has 0 spiro atoms. The zero-order valence-electron chi connectivity index (χ0n) is 12.7. The van der Waals surface area contributed by atoms with Crippen LogP contribution in [0.2, 0.25) is 0 Å². The highest BCUT2D eigenvalue weighted by Crippen LogP contribution is 2.36. The number of allylic oxidation sites excluding steroid dienone is 1. The predicted octanol–water partition coefficient (Wildman–Crippen LogP) is 2.29. The number of hydrogen-bond donors (Lipinski definition) is 0. The maximum Gasteiger partial charge on any atom is 0.204 e. The third kappa shape index (κ3) is 1.93. The topological polar surface area (TPSA) is 55.3 Å². The van der Waals surface area contributed by atoms with Crippen molar-refractivity contribution in [3.05, 3.63) is 34.8 Å². The molecule has 0 bridgehead atoms. The fraction of sp³-hybridized carbons (Fsp3) is 0.353. The summed E-state index contributed by atoms with van der Waals surface area (Å²) >= 11 is 0. The lowest BCUT2D eigenvalue weighted by Crippen LogP contribution is -2.36. The number of benzene rings is 1. The molecule has 2 aliphatic rings. The number of anilines is 1. The van der Waals surface area contributed by atoms with Crippen molar-refractivity contribution in [1.29, 1.82) is 0 Å². The Hall–Kier alpha value is -2.27. The summed E-state index contributed by atoms with van der Waals surface area (Å²) in [6.45, 7) is 7.06. The highest BCUT2D eigenvalue weighted by Gasteiger charge is 2.24. The number of hydrogen-bond acceptors (Lipinski definition) is 5. The lowest BCUT2D eigenvalue weighted by atomic mass is 9.94. The van der Waals surface area contributed by atoms with Crippen molar-refractivity contribution in [3.8, 4) is 0 Å². The van der Waals surface area contributed by atoms with Gasteiger partial charge < -0.3 is 9.64 Å². The average molecular weight is 295 g/mol. The molecule has 22 heavy (non-hydrogen) atoms. The Bertz CT molecular complexity index is 820. The molecule has 0 atom stereocenters. The zero-order chi connectivity index (χ0) is 15.3. The summed E-state index contributed by atoms with van der Waals surface area (Å²) < 4.78 is 5.44. The third-order valence-corrected chi connectivity index (χ3v) is 4.28. The first-order chi connectivity index (χ1) is 10.6. The van der Waals surface area contributed by atoms with E-state index in [0.29, 0.717) is 11.5 Å². The van der Waals surface area contributed by atoms with Gasteiger partial charge in [0.1, 0.15) is 11.5 Å². The first-order valence-electron chi connectivity index (χ1n) is 7.52. The number of aromatic nitrogens is 2. The van der Waals surface area contributed by atoms with Crippen LogP contribution in [-0.4, -0.2) is 42.1 Å². The maximum absolute atomic E-state index is 12.2. The van der Waals surface area contributed by atoms with Crippen LogP contribution in [0, 0.1) is 13.8 Å². The summed E-state index contributed by atoms with van der Waals surface area (Å²) in [5.41, 5.74) is 4.68. The number of aryl methyl sites for hydroxylation is 2. The van der Waals surface area contributed by atoms with Crippen LogP contribution in [0.4, 0.5) is 5.69 Å². The summed E-state index contributed by atoms with van der Waals surface area (Å²) in [5, 5.41) is 0.889. The molecular formula is C17H17N3O2. The van der Waals surface area contributed by atoms with Crippen molar-refractivity contribution in [2.45, 2.75) is 13.8 Å². The zero-order valence-corrected chi connectivity index (χ0v) is 12.7. The first kappa shape index (κ1) is 13.4. The van der Waals surface area contributed by atoms with Crippen molar-refractivity contribution >= 4 is 28.4 Å². The van der Waals surface area contributed by atoms with Gasteiger partial charge in [0.2, 0.25) is 5.78 Å². The molecule has 1 fully saturated rings. The summed E-state index contributed by atoms with van der Waals surface area (Å²) in [4.78, 5) is 23.5. The largest absolute Gasteiger partial charge is 0.378 e. The molecule has 0 saturated carbocycles. The first-order valence-corrected chi connectivity index (χ1v) is 7.52. The minimum absolute atomic E-state index is 0.0403. The molecule has 2 heterocycles. The molecule has 112 valence electrons. The van der Waals surface area contributed by atoms with Crippen molar-refractivity contribution in [3.63, 3.8) is 0 Å². The van der Waals surface area contributed by atoms with E-state index in [1.54, 1.807) is 6.08 Å². The molecule has 0 N–H and O–H groups in total. The minimum Gasteiger partial charge on any atom is -0.378 e. The summed E-state index contributed by atoms with van der Waals surface area (Å²) in [7, 11) is 0. The van der Waals surface area contributed by atoms with Gasteiger partial charge in [-0.15, -0.1) is 0 Å². The average Bonchev–Trinajstić information content (AvgIpc) is 2.53. The number of ether oxygens (including phenoxy) is 1. The van der Waals surface area contributed by atoms with Crippen LogP contribution in [0.5, 0.6) is 0 Å². The molecule has 0 amide bonds. The second-order valence-electron chi connectivity index (χ2n) is 5.77. The molecule has 1 aromatic heterocycles. The van der Waals surface area contributed by atoms with E-state index in [4.69, 9.17) is 4.74 Å². The van der Waals surface area contributed by atoms with Gasteiger partial charge in [0.05, 0.1) is 18.7 Å². The Labute approximate surface area is 128 Å². The molecule has 4 rings (SSSR count). The van der Waals surface area contributed by atoms with Crippen molar-refractivity contribution < 1.29 is 9.53 Å². The lowest BCUT2D eigenvalue weighted by molar-refractivity contribution is 0.104. The summed E-state index contributed by atoms with van der Waals surface area (Å²) in [6, 6.07) is 2.17. The van der Waals surface area contributed by atoms with Gasteiger partial charge in [-0.25, -0.2) is 9.97 Å². The molecular weight excluding hydrogens is 278 g/mol. The van der Waals surface area contributed by atoms with E-state index in [9.17, 15) is 4.79 Å². The highest BCUT2D eigenvalue weighted by molar-refractivity contribution is 6.19. The Morgan fingerprint density at radius 3 is 2.68 bits per heavy atom. The Morgan fingerprint density at radius 2 is 1.91 bits per heavy atom. The number of nitrogens with zero attached hydrogens (tertiary/aromatic N) is 3. The van der Waals surface area contributed by atoms with Gasteiger partial charge in [-0.3, -0.25) is 4.79 Å². The quantitative estimate of drug-likeness (QED) is 0.808. The monoisotopic (exact) mass is 295 g/mol. The van der Waals surface area contributed by atoms with E-state index in [0.717, 1.165) is 54.0 Å². The molecule has 1 aliphatic carbocycles. The standard InChI is InChI=1S/C17H17N3O2/c1-10-9-13(20-5-7-22-8-6-20)12-3-4-14(21)17-15(12)16(10)18-11(2)19-17/h3-4,9H,5-8H2,1-2H3. The molecule has 1 saturated heterocycles. The predicted molar refractivity (Wildman–Crippen MR) is 85.4 cm³/mol. The van der Waals surface area contributed by atoms with E-state index in [2.05, 4.69) is 20.9 Å². The number of rotatable bonds is 1. The van der Waals surface area contributed by atoms with E-state index >= 15 is 0 Å². The SMILES string of the molecule is Cc1nc2c3c(c(N4CCOCC4)cc(C)c3n1)C=CC2=O. The van der Waals surface area contributed by atoms with Crippen molar-refractivity contribution in [2.24, 2.45) is 0 Å². The smallest absolute Gasteiger partial charge is 0.204 e. The Morgan fingerprint density at radius 1 is 1.14 bits per heavy atom. The van der Waals surface area contributed by atoms with Gasteiger partial charge in [0.15, 0.2) is 0 Å². The number of ketones is 1. The Balaban J connectivity index is 2.03. The van der Waals surface area contributed by atoms with E-state index < -0.39 is 0 Å². The third-order valence-electron chi connectivity index (χ3n) is 4.28. The van der Waals surface area contributed by atoms with Gasteiger partial charge in [0, 0.05) is 29.7 Å². The maximum atomic E-state index is 12.2. The number of carbonyl (C=O) groups is 1. The van der Waals surface area contributed by atoms with E-state index in [1.807, 2.05) is 19.9 Å². The fourth-order valence-electron chi connectivity index (χ4n) is 3.24. The molecule has 1 aromatic carbocycles. The van der Waals surface area contributed by atoms with Gasteiger partial charge in [0.25, 0.3) is 0 Å². The highest BCUT2D eigenvalue weighted by atomic mass is 16.5. The van der Waals surface area contributed by atoms with E-state index in [-0.39, 0.29) is 5.78 Å². The van der Waals surface area contributed by atoms with E-state index in [1.165, 1.54) is 0 Å². The number of morpholine rings is 1. The minimum atomic E-state index is -0.0403. The molecule has 0 radical (unpaired) electrons. The van der Waals surface area contributed by atoms with Gasteiger partial charge >= 0.3 is 0 Å². The second kappa shape index (κ2) is 4.88. The van der Waals surface area contributed by atoms with Crippen LogP contribution >= 0.6 is 0 Å². The van der Waals surface area contributed by atoms with Gasteiger partial charge in [-0.05, 0) is 37.6 Å². The lowest BCUT2D eigenvalue weighted by Gasteiger charge is -2.31. The molecule has 1 aliphatic heterocycles. The summed E-state index contributed by atoms with van der Waals surface area (Å²) in [5.74, 6) is 0.598. The van der Waals surface area contributed by atoms with Crippen LogP contribution in [0.25, 0.3) is 17.0 Å². The Kier molecular flexibility index (Phi) is 2.97. The molecule has 0 unspecified atom stereocenters. The van der Waals surface area contributed by atoms with Crippen LogP contribution < -0.4 is 4.90 Å². The van der Waals surface area contributed by atoms with Gasteiger partial charge in [-0.1, -0.05) is 0 Å². The van der Waals surface area contributed by atoms with Crippen molar-refractivity contribution in [2.75, 3.05) is 31.2 Å². The van der Waals surface area contributed by atoms with Crippen LogP contribution in [0.1, 0.15) is 27.4 Å². The molecule has 5 nitrogen and oxygen atoms in total. The second-order valence-corrected chi connectivity index (χ2v) is 5.77. The molecule has 2 aromatic rings. The van der Waals surface area contributed by atoms with Crippen LogP contribution in [0.15, 0.2) is 12.1 Å². The van der Waals surface area contributed by atoms with Crippen LogP contribution in [-0.2, 0) is 4.74 Å². The fourth-order valence-corrected chi connectivity index (χ4v) is 3.24. The van der Waals surface area contributed by atoms with Crippen molar-refractivity contribution in [1.82, 2.24) is 9.97 Å². The summed E-state index contributed by atoms with van der Waals surface area (Å²) in [6.07, 6.45) is 3.52.